The lowest BCUT2D eigenvalue weighted by molar-refractivity contribution is 0.795. The Bertz CT molecular complexity index is 1420. The zero-order valence-electron chi connectivity index (χ0n) is 27.7. The molecule has 4 aromatic carbocycles. The van der Waals surface area contributed by atoms with Crippen LogP contribution in [0.25, 0.3) is 0 Å². The Morgan fingerprint density at radius 1 is 0.659 bits per heavy atom. The maximum Gasteiger partial charge on any atom is 0.0624 e. The Morgan fingerprint density at radius 3 is 1.52 bits per heavy atom. The fourth-order valence-corrected chi connectivity index (χ4v) is 5.03. The van der Waals surface area contributed by atoms with Crippen LogP contribution in [0.5, 0.6) is 0 Å². The molecule has 0 saturated carbocycles. The van der Waals surface area contributed by atoms with Crippen LogP contribution in [-0.2, 0) is 12.8 Å². The summed E-state index contributed by atoms with van der Waals surface area (Å²) in [7, 11) is 1.95. The van der Waals surface area contributed by atoms with Crippen molar-refractivity contribution in [3.8, 4) is 0 Å². The highest BCUT2D eigenvalue weighted by atomic mass is 15.2. The normalized spacial score (nSPS) is 11.2. The van der Waals surface area contributed by atoms with E-state index in [2.05, 4.69) is 139 Å². The number of nitrogens with one attached hydrogen (secondary N) is 1. The van der Waals surface area contributed by atoms with Crippen molar-refractivity contribution < 1.29 is 0 Å². The Hall–Kier alpha value is -4.44. The second-order valence-electron chi connectivity index (χ2n) is 10.7. The van der Waals surface area contributed by atoms with E-state index < -0.39 is 0 Å². The molecule has 3 N–H and O–H groups in total. The molecule has 4 nitrogen and oxygen atoms in total. The largest absolute Gasteiger partial charge is 0.399 e. The Kier molecular flexibility index (Phi) is 14.1. The summed E-state index contributed by atoms with van der Waals surface area (Å²) < 4.78 is 0. The molecule has 0 saturated heterocycles. The minimum atomic E-state index is 0.750. The number of nitrogens with two attached hydrogens (primary N) is 1. The van der Waals surface area contributed by atoms with E-state index in [1.807, 2.05) is 33.0 Å². The van der Waals surface area contributed by atoms with Crippen LogP contribution in [0.1, 0.15) is 71.4 Å². The molecule has 4 rings (SSSR count). The Balaban J connectivity index is 0.00000259. The molecule has 232 valence electrons. The van der Waals surface area contributed by atoms with Crippen LogP contribution < -0.4 is 20.9 Å². The van der Waals surface area contributed by atoms with Gasteiger partial charge in [0.1, 0.15) is 0 Å². The standard InChI is InChI=1S/C38H46N4.C2H6/c1-5-8-11-30-13-21-34(22-14-30)41(35-27-19-33(40-4)20-28-35)29-38(10-7-3)42(37-25-17-32(39)18-26-37)36-23-15-31(16-24-36)12-9-6-2;1-2/h7,10,13-29,40H,5-6,8-9,11-12,39H2,1-4H3;1-2H3/b10-7-,38-29+;. The first kappa shape index (κ1) is 34.1. The molecule has 0 aliphatic heterocycles. The SMILES string of the molecule is C/C=C\C(=C/N(c1ccc(CCCC)cc1)c1ccc(NC)cc1)N(c1ccc(N)cc1)c1ccc(CCCC)cc1.CC. The topological polar surface area (TPSA) is 44.5 Å². The molecule has 0 spiro atoms. The number of benzene rings is 4. The molecule has 0 aliphatic rings. The first-order valence-corrected chi connectivity index (χ1v) is 16.3. The van der Waals surface area contributed by atoms with Crippen molar-refractivity contribution in [1.82, 2.24) is 0 Å². The van der Waals surface area contributed by atoms with E-state index in [4.69, 9.17) is 5.73 Å². The Labute approximate surface area is 266 Å². The zero-order valence-corrected chi connectivity index (χ0v) is 27.7. The summed E-state index contributed by atoms with van der Waals surface area (Å²) in [5, 5.41) is 3.24. The summed E-state index contributed by atoms with van der Waals surface area (Å²) in [5.41, 5.74) is 16.1. The highest BCUT2D eigenvalue weighted by molar-refractivity contribution is 5.74. The van der Waals surface area contributed by atoms with E-state index in [9.17, 15) is 0 Å². The molecule has 44 heavy (non-hydrogen) atoms. The molecule has 0 unspecified atom stereocenters. The van der Waals surface area contributed by atoms with Gasteiger partial charge in [0.2, 0.25) is 0 Å². The summed E-state index contributed by atoms with van der Waals surface area (Å²) in [4.78, 5) is 4.58. The van der Waals surface area contributed by atoms with Gasteiger partial charge in [0.05, 0.1) is 5.70 Å². The van der Waals surface area contributed by atoms with Crippen LogP contribution >= 0.6 is 0 Å². The third kappa shape index (κ3) is 9.54. The molecule has 0 bridgehead atoms. The number of hydrogen-bond donors (Lipinski definition) is 2. The average molecular weight is 589 g/mol. The molecule has 4 aromatic rings. The molecule has 0 amide bonds. The van der Waals surface area contributed by atoms with Crippen LogP contribution in [0.3, 0.4) is 0 Å². The first-order valence-electron chi connectivity index (χ1n) is 16.3. The summed E-state index contributed by atoms with van der Waals surface area (Å²) >= 11 is 0. The average Bonchev–Trinajstić information content (AvgIpc) is 3.08. The highest BCUT2D eigenvalue weighted by Gasteiger charge is 2.17. The lowest BCUT2D eigenvalue weighted by Gasteiger charge is -2.30. The highest BCUT2D eigenvalue weighted by Crippen LogP contribution is 2.35. The third-order valence-electron chi connectivity index (χ3n) is 7.49. The van der Waals surface area contributed by atoms with Crippen LogP contribution in [0.2, 0.25) is 0 Å². The van der Waals surface area contributed by atoms with E-state index in [-0.39, 0.29) is 0 Å². The van der Waals surface area contributed by atoms with E-state index in [0.717, 1.165) is 52.7 Å². The maximum absolute atomic E-state index is 6.11. The van der Waals surface area contributed by atoms with Crippen molar-refractivity contribution in [3.05, 3.63) is 132 Å². The van der Waals surface area contributed by atoms with E-state index in [1.165, 1.54) is 36.8 Å². The van der Waals surface area contributed by atoms with Gasteiger partial charge in [-0.25, -0.2) is 0 Å². The van der Waals surface area contributed by atoms with Crippen LogP contribution in [0.15, 0.2) is 121 Å². The minimum absolute atomic E-state index is 0.750. The summed E-state index contributed by atoms with van der Waals surface area (Å²) in [6, 6.07) is 34.6. The van der Waals surface area contributed by atoms with Crippen molar-refractivity contribution in [2.24, 2.45) is 0 Å². The van der Waals surface area contributed by atoms with Gasteiger partial charge < -0.3 is 20.9 Å². The fraction of sp³-hybridized carbons (Fsp3) is 0.300. The molecule has 0 heterocycles. The number of aryl methyl sites for hydroxylation is 2. The summed E-state index contributed by atoms with van der Waals surface area (Å²) in [6.45, 7) is 10.5. The van der Waals surface area contributed by atoms with E-state index in [0.29, 0.717) is 0 Å². The van der Waals surface area contributed by atoms with Gasteiger partial charge in [-0.3, -0.25) is 0 Å². The molecular formula is C40H52N4. The second-order valence-corrected chi connectivity index (χ2v) is 10.7. The monoisotopic (exact) mass is 588 g/mol. The molecule has 0 atom stereocenters. The lowest BCUT2D eigenvalue weighted by Crippen LogP contribution is -2.19. The molecule has 4 heteroatoms. The second kappa shape index (κ2) is 18.3. The van der Waals surface area contributed by atoms with Crippen LogP contribution in [-0.4, -0.2) is 7.05 Å². The van der Waals surface area contributed by atoms with Gasteiger partial charge in [-0.05, 0) is 123 Å². The van der Waals surface area contributed by atoms with Crippen molar-refractivity contribution in [2.45, 2.75) is 73.1 Å². The van der Waals surface area contributed by atoms with E-state index in [1.54, 1.807) is 0 Å². The number of rotatable bonds is 14. The molecule has 0 radical (unpaired) electrons. The van der Waals surface area contributed by atoms with Crippen LogP contribution in [0.4, 0.5) is 34.1 Å². The van der Waals surface area contributed by atoms with Crippen molar-refractivity contribution in [3.63, 3.8) is 0 Å². The third-order valence-corrected chi connectivity index (χ3v) is 7.49. The number of nitrogen functional groups attached to an aromatic ring is 1. The fourth-order valence-electron chi connectivity index (χ4n) is 5.03. The van der Waals surface area contributed by atoms with Crippen LogP contribution in [0, 0.1) is 0 Å². The lowest BCUT2D eigenvalue weighted by atomic mass is 10.1. The number of unbranched alkanes of at least 4 members (excludes halogenated alkanes) is 2. The predicted molar refractivity (Wildman–Crippen MR) is 195 cm³/mol. The van der Waals surface area contributed by atoms with Crippen molar-refractivity contribution in [1.29, 1.82) is 0 Å². The van der Waals surface area contributed by atoms with Gasteiger partial charge in [-0.15, -0.1) is 0 Å². The maximum atomic E-state index is 6.11. The molecule has 0 aromatic heterocycles. The van der Waals surface area contributed by atoms with Gasteiger partial charge in [0, 0.05) is 47.4 Å². The van der Waals surface area contributed by atoms with Crippen molar-refractivity contribution >= 4 is 34.1 Å². The predicted octanol–water partition coefficient (Wildman–Crippen LogP) is 11.4. The van der Waals surface area contributed by atoms with Gasteiger partial charge >= 0.3 is 0 Å². The number of allylic oxidation sites excluding steroid dienone is 2. The first-order chi connectivity index (χ1) is 21.6. The smallest absolute Gasteiger partial charge is 0.0624 e. The van der Waals surface area contributed by atoms with Gasteiger partial charge in [0.25, 0.3) is 0 Å². The number of hydrogen-bond acceptors (Lipinski definition) is 4. The number of nitrogens with zero attached hydrogens (tertiary/aromatic N) is 2. The van der Waals surface area contributed by atoms with Crippen molar-refractivity contribution in [2.75, 3.05) is 27.9 Å². The molecule has 0 fully saturated rings. The zero-order chi connectivity index (χ0) is 31.7. The quantitative estimate of drug-likeness (QED) is 0.114. The Morgan fingerprint density at radius 2 is 1.09 bits per heavy atom. The molecule has 0 aliphatic carbocycles. The van der Waals surface area contributed by atoms with E-state index >= 15 is 0 Å². The molecular weight excluding hydrogens is 536 g/mol. The summed E-state index contributed by atoms with van der Waals surface area (Å²) in [5.74, 6) is 0. The van der Waals surface area contributed by atoms with Gasteiger partial charge in [-0.1, -0.05) is 70.9 Å². The summed E-state index contributed by atoms with van der Waals surface area (Å²) in [6.07, 6.45) is 13.5. The van der Waals surface area contributed by atoms with Gasteiger partial charge in [-0.2, -0.15) is 0 Å². The minimum Gasteiger partial charge on any atom is -0.399 e. The number of anilines is 6. The van der Waals surface area contributed by atoms with Gasteiger partial charge in [0.15, 0.2) is 0 Å².